The summed E-state index contributed by atoms with van der Waals surface area (Å²) in [5.41, 5.74) is 3.44. The highest BCUT2D eigenvalue weighted by Crippen LogP contribution is 2.27. The molecule has 1 aromatic heterocycles. The lowest BCUT2D eigenvalue weighted by Crippen LogP contribution is -2.48. The Kier molecular flexibility index (Phi) is 4.75. The van der Waals surface area contributed by atoms with Crippen molar-refractivity contribution in [1.29, 1.82) is 0 Å². The second-order valence-electron chi connectivity index (χ2n) is 3.86. The molecule has 0 unspecified atom stereocenters. The van der Waals surface area contributed by atoms with Crippen molar-refractivity contribution in [3.8, 4) is 0 Å². The zero-order chi connectivity index (χ0) is 13.9. The van der Waals surface area contributed by atoms with Crippen molar-refractivity contribution in [2.24, 2.45) is 5.73 Å². The van der Waals surface area contributed by atoms with Gasteiger partial charge in [-0.3, -0.25) is 0 Å². The maximum atomic E-state index is 13.9. The third-order valence-electron chi connectivity index (χ3n) is 2.34. The van der Waals surface area contributed by atoms with Crippen molar-refractivity contribution >= 4 is 21.9 Å². The predicted molar refractivity (Wildman–Crippen MR) is 65.0 cm³/mol. The van der Waals surface area contributed by atoms with Crippen LogP contribution in [0.5, 0.6) is 0 Å². The fourth-order valence-corrected chi connectivity index (χ4v) is 1.69. The Morgan fingerprint density at radius 3 is 2.83 bits per heavy atom. The number of esters is 1. The van der Waals surface area contributed by atoms with E-state index < -0.39 is 23.5 Å². The number of carbonyl (C=O) groups excluding carboxylic acids is 1. The van der Waals surface area contributed by atoms with Crippen molar-refractivity contribution in [2.45, 2.75) is 25.6 Å². The van der Waals surface area contributed by atoms with E-state index in [-0.39, 0.29) is 12.3 Å². The number of hydrogen-bond acceptors (Lipinski definition) is 4. The highest BCUT2D eigenvalue weighted by Gasteiger charge is 2.42. The summed E-state index contributed by atoms with van der Waals surface area (Å²) in [5.74, 6) is -1.92. The van der Waals surface area contributed by atoms with Crippen LogP contribution in [0.3, 0.4) is 0 Å². The summed E-state index contributed by atoms with van der Waals surface area (Å²) in [5, 5.41) is 0. The summed E-state index contributed by atoms with van der Waals surface area (Å²) in [4.78, 5) is 15.1. The highest BCUT2D eigenvalue weighted by atomic mass is 79.9. The summed E-state index contributed by atoms with van der Waals surface area (Å²) in [6, 6.07) is 2.45. The van der Waals surface area contributed by atoms with Gasteiger partial charge in [-0.25, -0.2) is 18.6 Å². The second kappa shape index (κ2) is 5.71. The number of pyridine rings is 1. The molecule has 0 saturated carbocycles. The van der Waals surface area contributed by atoms with E-state index in [1.165, 1.54) is 19.9 Å². The van der Waals surface area contributed by atoms with Crippen molar-refractivity contribution in [1.82, 2.24) is 4.98 Å². The molecule has 0 fully saturated rings. The fraction of sp³-hybridized carbons (Fsp3) is 0.455. The molecule has 0 aliphatic rings. The third-order valence-corrected chi connectivity index (χ3v) is 2.78. The Bertz CT molecular complexity index is 455. The number of carbonyl (C=O) groups is 1. The Balaban J connectivity index is 3.11. The number of hydrogen-bond donors (Lipinski definition) is 1. The number of rotatable bonds is 4. The van der Waals surface area contributed by atoms with Crippen LogP contribution in [-0.4, -0.2) is 23.7 Å². The van der Waals surface area contributed by atoms with Crippen LogP contribution in [0.25, 0.3) is 0 Å². The van der Waals surface area contributed by atoms with Crippen LogP contribution < -0.4 is 5.73 Å². The number of nitrogens with zero attached hydrogens (tertiary/aromatic N) is 1. The molecule has 2 atom stereocenters. The van der Waals surface area contributed by atoms with Crippen LogP contribution in [0.2, 0.25) is 0 Å². The molecule has 0 radical (unpaired) electrons. The first-order valence-corrected chi connectivity index (χ1v) is 6.02. The average molecular weight is 323 g/mol. The van der Waals surface area contributed by atoms with E-state index in [9.17, 15) is 13.6 Å². The molecule has 1 rings (SSSR count). The van der Waals surface area contributed by atoms with E-state index in [4.69, 9.17) is 5.73 Å². The minimum atomic E-state index is -2.20. The van der Waals surface area contributed by atoms with Gasteiger partial charge in [0.1, 0.15) is 21.7 Å². The normalized spacial score (nSPS) is 15.9. The van der Waals surface area contributed by atoms with E-state index in [2.05, 4.69) is 25.7 Å². The Hall–Kier alpha value is -1.08. The van der Waals surface area contributed by atoms with Crippen molar-refractivity contribution < 1.29 is 18.3 Å². The summed E-state index contributed by atoms with van der Waals surface area (Å²) in [6.45, 7) is 2.74. The second-order valence-corrected chi connectivity index (χ2v) is 4.67. The fourth-order valence-electron chi connectivity index (χ4n) is 1.38. The first kappa shape index (κ1) is 15.0. The number of nitrogens with two attached hydrogens (primary N) is 1. The predicted octanol–water partition coefficient (Wildman–Crippen LogP) is 2.06. The maximum Gasteiger partial charge on any atom is 0.343 e. The van der Waals surface area contributed by atoms with Gasteiger partial charge in [0.25, 0.3) is 0 Å². The SMILES string of the molecule is CCOC(=O)[C@H](F)[C@](C)(N)c1nc(Br)ccc1F. The zero-order valence-electron chi connectivity index (χ0n) is 9.91. The van der Waals surface area contributed by atoms with Gasteiger partial charge in [0.05, 0.1) is 6.61 Å². The van der Waals surface area contributed by atoms with Crippen molar-refractivity contribution in [3.05, 3.63) is 28.2 Å². The van der Waals surface area contributed by atoms with E-state index in [0.717, 1.165) is 6.07 Å². The molecule has 0 aliphatic carbocycles. The number of aromatic nitrogens is 1. The van der Waals surface area contributed by atoms with Gasteiger partial charge in [-0.1, -0.05) is 0 Å². The lowest BCUT2D eigenvalue weighted by atomic mass is 9.92. The monoisotopic (exact) mass is 322 g/mol. The standard InChI is InChI=1S/C11H13BrF2N2O2/c1-3-18-10(17)8(14)11(2,15)9-6(13)4-5-7(12)16-9/h4-5,8H,3,15H2,1-2H3/t8-,11-/m0/s1. The molecule has 1 heterocycles. The van der Waals surface area contributed by atoms with Gasteiger partial charge < -0.3 is 10.5 Å². The van der Waals surface area contributed by atoms with Crippen molar-refractivity contribution in [2.75, 3.05) is 6.61 Å². The minimum Gasteiger partial charge on any atom is -0.464 e. The lowest BCUT2D eigenvalue weighted by Gasteiger charge is -2.26. The molecule has 0 spiro atoms. The van der Waals surface area contributed by atoms with Crippen LogP contribution in [0.15, 0.2) is 16.7 Å². The topological polar surface area (TPSA) is 65.2 Å². The van der Waals surface area contributed by atoms with Gasteiger partial charge in [0.2, 0.25) is 6.17 Å². The zero-order valence-corrected chi connectivity index (χ0v) is 11.5. The highest BCUT2D eigenvalue weighted by molar-refractivity contribution is 9.10. The van der Waals surface area contributed by atoms with Crippen LogP contribution in [0, 0.1) is 5.82 Å². The molecule has 0 saturated heterocycles. The Labute approximate surface area is 112 Å². The van der Waals surface area contributed by atoms with Gasteiger partial charge in [0.15, 0.2) is 0 Å². The van der Waals surface area contributed by atoms with E-state index in [0.29, 0.717) is 4.60 Å². The molecule has 0 aromatic carbocycles. The summed E-state index contributed by atoms with van der Waals surface area (Å²) >= 11 is 3.03. The molecule has 0 amide bonds. The Morgan fingerprint density at radius 1 is 1.67 bits per heavy atom. The molecule has 100 valence electrons. The molecule has 7 heteroatoms. The number of ether oxygens (including phenoxy) is 1. The largest absolute Gasteiger partial charge is 0.464 e. The molecular formula is C11H13BrF2N2O2. The third kappa shape index (κ3) is 3.02. The Morgan fingerprint density at radius 2 is 2.28 bits per heavy atom. The van der Waals surface area contributed by atoms with Crippen LogP contribution in [0.1, 0.15) is 19.5 Å². The molecule has 0 aliphatic heterocycles. The summed E-state index contributed by atoms with van der Waals surface area (Å²) < 4.78 is 32.4. The molecule has 1 aromatic rings. The molecule has 4 nitrogen and oxygen atoms in total. The maximum absolute atomic E-state index is 13.9. The number of halogens is 3. The first-order valence-electron chi connectivity index (χ1n) is 5.22. The first-order chi connectivity index (χ1) is 8.30. The average Bonchev–Trinajstić information content (AvgIpc) is 2.31. The molecule has 0 bridgehead atoms. The van der Waals surface area contributed by atoms with Gasteiger partial charge in [0, 0.05) is 0 Å². The van der Waals surface area contributed by atoms with Gasteiger partial charge >= 0.3 is 5.97 Å². The van der Waals surface area contributed by atoms with Gasteiger partial charge in [-0.15, -0.1) is 0 Å². The van der Waals surface area contributed by atoms with E-state index >= 15 is 0 Å². The summed E-state index contributed by atoms with van der Waals surface area (Å²) in [7, 11) is 0. The van der Waals surface area contributed by atoms with Crippen LogP contribution in [0.4, 0.5) is 8.78 Å². The summed E-state index contributed by atoms with van der Waals surface area (Å²) in [6.07, 6.45) is -2.20. The van der Waals surface area contributed by atoms with Gasteiger partial charge in [-0.05, 0) is 41.9 Å². The molecular weight excluding hydrogens is 310 g/mol. The molecule has 18 heavy (non-hydrogen) atoms. The van der Waals surface area contributed by atoms with Crippen LogP contribution >= 0.6 is 15.9 Å². The molecule has 2 N–H and O–H groups in total. The minimum absolute atomic E-state index is 0.0176. The van der Waals surface area contributed by atoms with Crippen molar-refractivity contribution in [3.63, 3.8) is 0 Å². The number of alkyl halides is 1. The smallest absolute Gasteiger partial charge is 0.343 e. The van der Waals surface area contributed by atoms with Crippen LogP contribution in [-0.2, 0) is 15.1 Å². The van der Waals surface area contributed by atoms with E-state index in [1.807, 2.05) is 0 Å². The lowest BCUT2D eigenvalue weighted by molar-refractivity contribution is -0.151. The van der Waals surface area contributed by atoms with E-state index in [1.54, 1.807) is 0 Å². The quantitative estimate of drug-likeness (QED) is 0.680. The van der Waals surface area contributed by atoms with Gasteiger partial charge in [-0.2, -0.15) is 0 Å².